The predicted molar refractivity (Wildman–Crippen MR) is 91.2 cm³/mol. The van der Waals surface area contributed by atoms with Gasteiger partial charge < -0.3 is 10.2 Å². The van der Waals surface area contributed by atoms with Gasteiger partial charge in [-0.2, -0.15) is 5.10 Å². The first kappa shape index (κ1) is 15.1. The van der Waals surface area contributed by atoms with E-state index in [4.69, 9.17) is 0 Å². The molecule has 0 saturated carbocycles. The van der Waals surface area contributed by atoms with E-state index in [9.17, 15) is 0 Å². The van der Waals surface area contributed by atoms with Crippen LogP contribution in [-0.2, 0) is 13.5 Å². The number of benzene rings is 1. The maximum absolute atomic E-state index is 4.40. The molecule has 1 aliphatic heterocycles. The number of aryl methyl sites for hydroxylation is 2. The van der Waals surface area contributed by atoms with Gasteiger partial charge in [-0.05, 0) is 31.7 Å². The molecule has 1 aromatic heterocycles. The molecular weight excluding hydrogens is 272 g/mol. The Kier molecular flexibility index (Phi) is 4.78. The zero-order chi connectivity index (χ0) is 15.4. The van der Waals surface area contributed by atoms with Crippen molar-refractivity contribution in [1.29, 1.82) is 0 Å². The third kappa shape index (κ3) is 3.89. The van der Waals surface area contributed by atoms with Crippen molar-refractivity contribution in [2.45, 2.75) is 32.2 Å². The van der Waals surface area contributed by atoms with Crippen molar-refractivity contribution in [2.75, 3.05) is 25.0 Å². The lowest BCUT2D eigenvalue weighted by Crippen LogP contribution is -2.40. The van der Waals surface area contributed by atoms with Gasteiger partial charge in [-0.15, -0.1) is 0 Å². The lowest BCUT2D eigenvalue weighted by Gasteiger charge is -2.32. The number of nitrogens with zero attached hydrogens (tertiary/aromatic N) is 3. The summed E-state index contributed by atoms with van der Waals surface area (Å²) in [6.45, 7) is 5.57. The molecule has 118 valence electrons. The smallest absolute Gasteiger partial charge is 0.124 e. The van der Waals surface area contributed by atoms with Crippen LogP contribution in [0.2, 0.25) is 0 Å². The Morgan fingerprint density at radius 3 is 2.55 bits per heavy atom. The molecule has 3 rings (SSSR count). The predicted octanol–water partition coefficient (Wildman–Crippen LogP) is 2.85. The standard InChI is InChI=1S/C18H26N4/c1-15-14-18(21(2)20-15)19-17-9-12-22(13-10-17)11-8-16-6-4-3-5-7-16/h3-7,14,17,19H,8-13H2,1-2H3. The van der Waals surface area contributed by atoms with Gasteiger partial charge in [0.2, 0.25) is 0 Å². The topological polar surface area (TPSA) is 33.1 Å². The summed E-state index contributed by atoms with van der Waals surface area (Å²) in [6.07, 6.45) is 3.57. The van der Waals surface area contributed by atoms with Crippen LogP contribution in [0, 0.1) is 6.92 Å². The number of likely N-dealkylation sites (tertiary alicyclic amines) is 1. The van der Waals surface area contributed by atoms with E-state index in [2.05, 4.69) is 51.7 Å². The Hall–Kier alpha value is -1.81. The van der Waals surface area contributed by atoms with Gasteiger partial charge >= 0.3 is 0 Å². The minimum absolute atomic E-state index is 0.572. The molecule has 22 heavy (non-hydrogen) atoms. The monoisotopic (exact) mass is 298 g/mol. The fourth-order valence-electron chi connectivity index (χ4n) is 3.19. The van der Waals surface area contributed by atoms with E-state index in [1.807, 2.05) is 18.7 Å². The molecule has 0 aliphatic carbocycles. The second-order valence-corrected chi connectivity index (χ2v) is 6.29. The summed E-state index contributed by atoms with van der Waals surface area (Å²) in [5.74, 6) is 1.14. The number of anilines is 1. The van der Waals surface area contributed by atoms with E-state index >= 15 is 0 Å². The lowest BCUT2D eigenvalue weighted by atomic mass is 10.0. The molecule has 1 aliphatic rings. The number of hydrogen-bond donors (Lipinski definition) is 1. The summed E-state index contributed by atoms with van der Waals surface area (Å²) in [7, 11) is 2.00. The van der Waals surface area contributed by atoms with E-state index in [0.29, 0.717) is 6.04 Å². The highest BCUT2D eigenvalue weighted by atomic mass is 15.3. The molecule has 0 bridgehead atoms. The van der Waals surface area contributed by atoms with Crippen LogP contribution in [-0.4, -0.2) is 40.4 Å². The molecule has 1 saturated heterocycles. The van der Waals surface area contributed by atoms with Gasteiger partial charge in [-0.1, -0.05) is 30.3 Å². The molecule has 0 radical (unpaired) electrons. The molecular formula is C18H26N4. The van der Waals surface area contributed by atoms with Crippen molar-refractivity contribution in [3.63, 3.8) is 0 Å². The molecule has 0 spiro atoms. The van der Waals surface area contributed by atoms with Gasteiger partial charge in [0.25, 0.3) is 0 Å². The van der Waals surface area contributed by atoms with Crippen LogP contribution in [0.4, 0.5) is 5.82 Å². The van der Waals surface area contributed by atoms with Crippen LogP contribution in [0.15, 0.2) is 36.4 Å². The molecule has 0 unspecified atom stereocenters. The van der Waals surface area contributed by atoms with E-state index in [0.717, 1.165) is 17.9 Å². The maximum atomic E-state index is 4.40. The van der Waals surface area contributed by atoms with Gasteiger partial charge in [0.15, 0.2) is 0 Å². The molecule has 1 aromatic carbocycles. The number of rotatable bonds is 5. The summed E-state index contributed by atoms with van der Waals surface area (Å²) >= 11 is 0. The van der Waals surface area contributed by atoms with Crippen LogP contribution < -0.4 is 5.32 Å². The SMILES string of the molecule is Cc1cc(NC2CCN(CCc3ccccc3)CC2)n(C)n1. The Labute approximate surface area is 133 Å². The summed E-state index contributed by atoms with van der Waals surface area (Å²) in [5, 5.41) is 8.04. The average molecular weight is 298 g/mol. The van der Waals surface area contributed by atoms with Gasteiger partial charge in [0.1, 0.15) is 5.82 Å². The average Bonchev–Trinajstić information content (AvgIpc) is 2.85. The van der Waals surface area contributed by atoms with Crippen LogP contribution in [0.3, 0.4) is 0 Å². The Morgan fingerprint density at radius 2 is 1.91 bits per heavy atom. The second kappa shape index (κ2) is 6.97. The summed E-state index contributed by atoms with van der Waals surface area (Å²) in [5.41, 5.74) is 2.51. The summed E-state index contributed by atoms with van der Waals surface area (Å²) < 4.78 is 1.94. The first-order valence-electron chi connectivity index (χ1n) is 8.24. The number of aromatic nitrogens is 2. The fourth-order valence-corrected chi connectivity index (χ4v) is 3.19. The zero-order valence-corrected chi connectivity index (χ0v) is 13.6. The molecule has 2 heterocycles. The fraction of sp³-hybridized carbons (Fsp3) is 0.500. The number of nitrogens with one attached hydrogen (secondary N) is 1. The first-order chi connectivity index (χ1) is 10.7. The highest BCUT2D eigenvalue weighted by Crippen LogP contribution is 2.17. The zero-order valence-electron chi connectivity index (χ0n) is 13.6. The van der Waals surface area contributed by atoms with Gasteiger partial charge in [-0.25, -0.2) is 0 Å². The summed E-state index contributed by atoms with van der Waals surface area (Å²) in [6, 6.07) is 13.5. The molecule has 0 amide bonds. The quantitative estimate of drug-likeness (QED) is 0.921. The van der Waals surface area contributed by atoms with Crippen molar-refractivity contribution in [1.82, 2.24) is 14.7 Å². The Bertz CT molecular complexity index is 582. The molecule has 4 nitrogen and oxygen atoms in total. The molecule has 1 N–H and O–H groups in total. The molecule has 4 heteroatoms. The largest absolute Gasteiger partial charge is 0.367 e. The van der Waals surface area contributed by atoms with Crippen molar-refractivity contribution in [2.24, 2.45) is 7.05 Å². The van der Waals surface area contributed by atoms with Gasteiger partial charge in [-0.3, -0.25) is 4.68 Å². The van der Waals surface area contributed by atoms with E-state index in [1.165, 1.54) is 38.0 Å². The van der Waals surface area contributed by atoms with E-state index < -0.39 is 0 Å². The van der Waals surface area contributed by atoms with Crippen molar-refractivity contribution < 1.29 is 0 Å². The minimum Gasteiger partial charge on any atom is -0.367 e. The van der Waals surface area contributed by atoms with Gasteiger partial charge in [0.05, 0.1) is 5.69 Å². The number of hydrogen-bond acceptors (Lipinski definition) is 3. The molecule has 1 fully saturated rings. The lowest BCUT2D eigenvalue weighted by molar-refractivity contribution is 0.221. The third-order valence-electron chi connectivity index (χ3n) is 4.50. The molecule has 2 aromatic rings. The second-order valence-electron chi connectivity index (χ2n) is 6.29. The van der Waals surface area contributed by atoms with Crippen molar-refractivity contribution in [3.05, 3.63) is 47.7 Å². The van der Waals surface area contributed by atoms with Crippen LogP contribution in [0.1, 0.15) is 24.1 Å². The normalized spacial score (nSPS) is 16.8. The third-order valence-corrected chi connectivity index (χ3v) is 4.50. The van der Waals surface area contributed by atoms with E-state index in [-0.39, 0.29) is 0 Å². The van der Waals surface area contributed by atoms with Crippen molar-refractivity contribution >= 4 is 5.82 Å². The first-order valence-corrected chi connectivity index (χ1v) is 8.24. The minimum atomic E-state index is 0.572. The van der Waals surface area contributed by atoms with Crippen LogP contribution in [0.25, 0.3) is 0 Å². The summed E-state index contributed by atoms with van der Waals surface area (Å²) in [4.78, 5) is 2.58. The highest BCUT2D eigenvalue weighted by Gasteiger charge is 2.19. The Balaban J connectivity index is 1.43. The van der Waals surface area contributed by atoms with E-state index in [1.54, 1.807) is 0 Å². The highest BCUT2D eigenvalue weighted by molar-refractivity contribution is 5.37. The van der Waals surface area contributed by atoms with Gasteiger partial charge in [0, 0.05) is 38.8 Å². The maximum Gasteiger partial charge on any atom is 0.124 e. The van der Waals surface area contributed by atoms with Crippen LogP contribution >= 0.6 is 0 Å². The Morgan fingerprint density at radius 1 is 1.18 bits per heavy atom. The number of piperidine rings is 1. The molecule has 0 atom stereocenters. The van der Waals surface area contributed by atoms with Crippen LogP contribution in [0.5, 0.6) is 0 Å². The van der Waals surface area contributed by atoms with Crippen molar-refractivity contribution in [3.8, 4) is 0 Å².